The summed E-state index contributed by atoms with van der Waals surface area (Å²) in [5.41, 5.74) is 0.863. The molecule has 0 amide bonds. The molecule has 0 bridgehead atoms. The normalized spacial score (nSPS) is 17.7. The summed E-state index contributed by atoms with van der Waals surface area (Å²) >= 11 is 0. The number of hydrogen-bond acceptors (Lipinski definition) is 5. The Hall–Kier alpha value is -2.24. The number of methoxy groups -OCH3 is 1. The van der Waals surface area contributed by atoms with Crippen molar-refractivity contribution in [3.05, 3.63) is 23.8 Å². The van der Waals surface area contributed by atoms with Crippen LogP contribution in [0.3, 0.4) is 0 Å². The van der Waals surface area contributed by atoms with Crippen LogP contribution in [0.1, 0.15) is 10.4 Å². The largest absolute Gasteiger partial charge is 0.488 e. The van der Waals surface area contributed by atoms with Crippen molar-refractivity contribution >= 4 is 17.6 Å². The molecule has 1 N–H and O–H groups in total. The highest BCUT2D eigenvalue weighted by atomic mass is 16.5. The molecular weight excluding hydrogens is 238 g/mol. The summed E-state index contributed by atoms with van der Waals surface area (Å²) in [6.07, 6.45) is 0. The van der Waals surface area contributed by atoms with E-state index in [1.165, 1.54) is 7.11 Å². The van der Waals surface area contributed by atoms with Crippen LogP contribution in [0.5, 0.6) is 5.75 Å². The molecule has 0 aliphatic carbocycles. The molecule has 1 aromatic rings. The van der Waals surface area contributed by atoms with Crippen LogP contribution in [-0.4, -0.2) is 43.9 Å². The standard InChI is InChI=1S/C12H13NO5/c1-13-8-5-3-4-7(12(16)17-2)10(8)18-6-9(13)11(14)15/h3-5,9H,6H2,1-2H3,(H,14,15). The van der Waals surface area contributed by atoms with E-state index in [0.717, 1.165) is 0 Å². The van der Waals surface area contributed by atoms with Crippen LogP contribution in [0.15, 0.2) is 18.2 Å². The summed E-state index contributed by atoms with van der Waals surface area (Å²) in [5, 5.41) is 9.05. The Morgan fingerprint density at radius 3 is 2.83 bits per heavy atom. The van der Waals surface area contributed by atoms with E-state index < -0.39 is 18.0 Å². The molecule has 0 saturated heterocycles. The van der Waals surface area contributed by atoms with Gasteiger partial charge in [-0.15, -0.1) is 0 Å². The average molecular weight is 251 g/mol. The van der Waals surface area contributed by atoms with Gasteiger partial charge in [0, 0.05) is 7.05 Å². The van der Waals surface area contributed by atoms with E-state index in [0.29, 0.717) is 17.0 Å². The first-order valence-corrected chi connectivity index (χ1v) is 5.36. The molecule has 96 valence electrons. The molecule has 1 unspecified atom stereocenters. The molecule has 1 heterocycles. The van der Waals surface area contributed by atoms with Crippen LogP contribution < -0.4 is 9.64 Å². The number of ether oxygens (including phenoxy) is 2. The quantitative estimate of drug-likeness (QED) is 0.782. The second kappa shape index (κ2) is 4.56. The van der Waals surface area contributed by atoms with Crippen molar-refractivity contribution in [1.29, 1.82) is 0 Å². The van der Waals surface area contributed by atoms with E-state index in [1.807, 2.05) is 0 Å². The monoisotopic (exact) mass is 251 g/mol. The first-order chi connectivity index (χ1) is 8.56. The number of benzene rings is 1. The fourth-order valence-corrected chi connectivity index (χ4v) is 1.90. The van der Waals surface area contributed by atoms with Crippen molar-refractivity contribution in [3.8, 4) is 5.75 Å². The number of carbonyl (C=O) groups is 2. The average Bonchev–Trinajstić information content (AvgIpc) is 2.37. The summed E-state index contributed by atoms with van der Waals surface area (Å²) < 4.78 is 10.1. The molecule has 2 rings (SSSR count). The molecule has 1 atom stereocenters. The topological polar surface area (TPSA) is 76.1 Å². The van der Waals surface area contributed by atoms with E-state index in [4.69, 9.17) is 9.84 Å². The number of carbonyl (C=O) groups excluding carboxylic acids is 1. The molecular formula is C12H13NO5. The van der Waals surface area contributed by atoms with Crippen molar-refractivity contribution < 1.29 is 24.2 Å². The number of carboxylic acid groups (broad SMARTS) is 1. The Labute approximate surface area is 104 Å². The van der Waals surface area contributed by atoms with E-state index in [-0.39, 0.29) is 6.61 Å². The third-order valence-electron chi connectivity index (χ3n) is 2.92. The lowest BCUT2D eigenvalue weighted by Crippen LogP contribution is -2.46. The van der Waals surface area contributed by atoms with Crippen LogP contribution in [0.2, 0.25) is 0 Å². The van der Waals surface area contributed by atoms with Gasteiger partial charge in [0.15, 0.2) is 11.8 Å². The van der Waals surface area contributed by atoms with Gasteiger partial charge in [0.2, 0.25) is 0 Å². The summed E-state index contributed by atoms with van der Waals surface area (Å²) in [7, 11) is 2.94. The molecule has 1 aliphatic heterocycles. The smallest absolute Gasteiger partial charge is 0.341 e. The van der Waals surface area contributed by atoms with Gasteiger partial charge < -0.3 is 19.5 Å². The van der Waals surface area contributed by atoms with Crippen LogP contribution in [0.25, 0.3) is 0 Å². The van der Waals surface area contributed by atoms with Crippen molar-refractivity contribution in [2.24, 2.45) is 0 Å². The van der Waals surface area contributed by atoms with Gasteiger partial charge in [0.25, 0.3) is 0 Å². The van der Waals surface area contributed by atoms with Gasteiger partial charge in [-0.2, -0.15) is 0 Å². The Kier molecular flexibility index (Phi) is 3.10. The lowest BCUT2D eigenvalue weighted by Gasteiger charge is -2.33. The number of carboxylic acids is 1. The fourth-order valence-electron chi connectivity index (χ4n) is 1.90. The van der Waals surface area contributed by atoms with Gasteiger partial charge in [-0.3, -0.25) is 0 Å². The molecule has 6 nitrogen and oxygen atoms in total. The van der Waals surface area contributed by atoms with Gasteiger partial charge in [-0.25, -0.2) is 9.59 Å². The summed E-state index contributed by atoms with van der Waals surface area (Å²) in [4.78, 5) is 24.2. The van der Waals surface area contributed by atoms with E-state index in [2.05, 4.69) is 4.74 Å². The number of fused-ring (bicyclic) bond motifs is 1. The third kappa shape index (κ3) is 1.85. The zero-order valence-corrected chi connectivity index (χ0v) is 10.0. The Bertz CT molecular complexity index is 499. The molecule has 1 aromatic carbocycles. The van der Waals surface area contributed by atoms with Gasteiger partial charge in [0.1, 0.15) is 12.2 Å². The van der Waals surface area contributed by atoms with Crippen molar-refractivity contribution in [1.82, 2.24) is 0 Å². The predicted molar refractivity (Wildman–Crippen MR) is 63.1 cm³/mol. The second-order valence-electron chi connectivity index (χ2n) is 3.92. The molecule has 0 aromatic heterocycles. The number of para-hydroxylation sites is 1. The first kappa shape index (κ1) is 12.2. The summed E-state index contributed by atoms with van der Waals surface area (Å²) in [5.74, 6) is -1.11. The van der Waals surface area contributed by atoms with E-state index in [1.54, 1.807) is 30.1 Å². The maximum absolute atomic E-state index is 11.6. The molecule has 0 fully saturated rings. The second-order valence-corrected chi connectivity index (χ2v) is 3.92. The van der Waals surface area contributed by atoms with Crippen LogP contribution >= 0.6 is 0 Å². The third-order valence-corrected chi connectivity index (χ3v) is 2.92. The number of hydrogen-bond donors (Lipinski definition) is 1. The number of rotatable bonds is 2. The number of likely N-dealkylation sites (N-methyl/N-ethyl adjacent to an activating group) is 1. The molecule has 0 saturated carbocycles. The highest BCUT2D eigenvalue weighted by Gasteiger charge is 2.32. The minimum absolute atomic E-state index is 0.00710. The molecule has 0 radical (unpaired) electrons. The SMILES string of the molecule is COC(=O)c1cccc2c1OCC(C(=O)O)N2C. The maximum Gasteiger partial charge on any atom is 0.341 e. The Morgan fingerprint density at radius 1 is 1.50 bits per heavy atom. The maximum atomic E-state index is 11.6. The fraction of sp³-hybridized carbons (Fsp3) is 0.333. The molecule has 18 heavy (non-hydrogen) atoms. The van der Waals surface area contributed by atoms with Gasteiger partial charge in [-0.1, -0.05) is 6.07 Å². The summed E-state index contributed by atoms with van der Waals surface area (Å²) in [6, 6.07) is 4.19. The highest BCUT2D eigenvalue weighted by molar-refractivity contribution is 5.95. The lowest BCUT2D eigenvalue weighted by atomic mass is 10.1. The van der Waals surface area contributed by atoms with Gasteiger partial charge >= 0.3 is 11.9 Å². The summed E-state index contributed by atoms with van der Waals surface area (Å²) in [6.45, 7) is -0.00710. The highest BCUT2D eigenvalue weighted by Crippen LogP contribution is 2.36. The van der Waals surface area contributed by atoms with E-state index >= 15 is 0 Å². The zero-order valence-electron chi connectivity index (χ0n) is 10.0. The number of anilines is 1. The molecule has 6 heteroatoms. The number of nitrogens with zero attached hydrogens (tertiary/aromatic N) is 1. The van der Waals surface area contributed by atoms with Crippen molar-refractivity contribution in [3.63, 3.8) is 0 Å². The van der Waals surface area contributed by atoms with Crippen LogP contribution in [0, 0.1) is 0 Å². The first-order valence-electron chi connectivity index (χ1n) is 5.36. The van der Waals surface area contributed by atoms with Crippen LogP contribution in [-0.2, 0) is 9.53 Å². The zero-order chi connectivity index (χ0) is 13.3. The lowest BCUT2D eigenvalue weighted by molar-refractivity contribution is -0.139. The van der Waals surface area contributed by atoms with Crippen molar-refractivity contribution in [2.45, 2.75) is 6.04 Å². The van der Waals surface area contributed by atoms with Crippen LogP contribution in [0.4, 0.5) is 5.69 Å². The molecule has 1 aliphatic rings. The Morgan fingerprint density at radius 2 is 2.22 bits per heavy atom. The van der Waals surface area contributed by atoms with E-state index in [9.17, 15) is 9.59 Å². The minimum atomic E-state index is -0.966. The minimum Gasteiger partial charge on any atom is -0.488 e. The number of esters is 1. The van der Waals surface area contributed by atoms with Crippen molar-refractivity contribution in [2.75, 3.05) is 25.7 Å². The van der Waals surface area contributed by atoms with Gasteiger partial charge in [0.05, 0.1) is 12.8 Å². The predicted octanol–water partition coefficient (Wildman–Crippen LogP) is 0.755. The molecule has 0 spiro atoms. The van der Waals surface area contributed by atoms with Gasteiger partial charge in [-0.05, 0) is 12.1 Å². The Balaban J connectivity index is 2.45. The number of aliphatic carboxylic acids is 1.